The molecule has 0 saturated carbocycles. The topological polar surface area (TPSA) is 17.1 Å². The Labute approximate surface area is 92.5 Å². The maximum absolute atomic E-state index is 11.8. The van der Waals surface area contributed by atoms with Crippen molar-refractivity contribution < 1.29 is 4.79 Å². The Morgan fingerprint density at radius 2 is 1.80 bits per heavy atom. The minimum absolute atomic E-state index is 0.0970. The molecule has 0 aliphatic heterocycles. The molecule has 1 heteroatoms. The van der Waals surface area contributed by atoms with Gasteiger partial charge in [0, 0.05) is 12.8 Å². The van der Waals surface area contributed by atoms with Crippen molar-refractivity contribution in [3.05, 3.63) is 35.4 Å². The van der Waals surface area contributed by atoms with Gasteiger partial charge in [-0.05, 0) is 23.5 Å². The van der Waals surface area contributed by atoms with E-state index in [4.69, 9.17) is 0 Å². The number of carbonyl (C=O) groups is 1. The van der Waals surface area contributed by atoms with Crippen molar-refractivity contribution in [2.75, 3.05) is 0 Å². The lowest BCUT2D eigenvalue weighted by Crippen LogP contribution is -2.15. The smallest absolute Gasteiger partial charge is 0.137 e. The molecule has 0 aromatic heterocycles. The van der Waals surface area contributed by atoms with Gasteiger partial charge in [0.05, 0.1) is 0 Å². The summed E-state index contributed by atoms with van der Waals surface area (Å²) in [7, 11) is 0. The molecular weight excluding hydrogens is 184 g/mol. The summed E-state index contributed by atoms with van der Waals surface area (Å²) in [6.45, 7) is 8.36. The normalized spacial score (nSPS) is 11.5. The molecule has 0 spiro atoms. The van der Waals surface area contributed by atoms with E-state index in [0.717, 1.165) is 5.56 Å². The predicted molar refractivity (Wildman–Crippen MR) is 64.0 cm³/mol. The van der Waals surface area contributed by atoms with E-state index in [-0.39, 0.29) is 5.41 Å². The average Bonchev–Trinajstić information content (AvgIpc) is 2.05. The van der Waals surface area contributed by atoms with E-state index in [2.05, 4.69) is 33.8 Å². The second-order valence-electron chi connectivity index (χ2n) is 5.38. The fraction of sp³-hybridized carbons (Fsp3) is 0.500. The largest absolute Gasteiger partial charge is 0.299 e. The fourth-order valence-corrected chi connectivity index (χ4v) is 1.67. The molecule has 0 aliphatic carbocycles. The van der Waals surface area contributed by atoms with Crippen molar-refractivity contribution in [1.29, 1.82) is 0 Å². The summed E-state index contributed by atoms with van der Waals surface area (Å²) in [6, 6.07) is 8.09. The molecule has 0 radical (unpaired) electrons. The molecule has 1 aromatic carbocycles. The standard InChI is InChI=1S/C14H20O/c1-11-7-5-6-8-12(11)9-13(15)10-14(2,3)4/h5-8H,9-10H2,1-4H3. The Kier molecular flexibility index (Phi) is 3.67. The van der Waals surface area contributed by atoms with Crippen LogP contribution in [0.1, 0.15) is 38.3 Å². The summed E-state index contributed by atoms with van der Waals surface area (Å²) in [6.07, 6.45) is 1.23. The van der Waals surface area contributed by atoms with E-state index in [1.54, 1.807) is 0 Å². The molecule has 0 unspecified atom stereocenters. The van der Waals surface area contributed by atoms with Crippen LogP contribution in [-0.2, 0) is 11.2 Å². The Hall–Kier alpha value is -1.11. The van der Waals surface area contributed by atoms with Crippen LogP contribution >= 0.6 is 0 Å². The zero-order chi connectivity index (χ0) is 11.5. The Bertz CT molecular complexity index is 345. The number of ketones is 1. The maximum atomic E-state index is 11.8. The van der Waals surface area contributed by atoms with Gasteiger partial charge in [0.15, 0.2) is 0 Å². The van der Waals surface area contributed by atoms with Crippen molar-refractivity contribution in [3.8, 4) is 0 Å². The lowest BCUT2D eigenvalue weighted by Gasteiger charge is -2.17. The molecule has 0 saturated heterocycles. The molecule has 0 atom stereocenters. The second-order valence-corrected chi connectivity index (χ2v) is 5.38. The molecule has 0 amide bonds. The first-order chi connectivity index (χ1) is 6.88. The van der Waals surface area contributed by atoms with Gasteiger partial charge in [-0.25, -0.2) is 0 Å². The van der Waals surface area contributed by atoms with E-state index in [0.29, 0.717) is 18.6 Å². The highest BCUT2D eigenvalue weighted by Crippen LogP contribution is 2.20. The van der Waals surface area contributed by atoms with Crippen molar-refractivity contribution in [1.82, 2.24) is 0 Å². The number of Topliss-reactive ketones (excluding diaryl/α,β-unsaturated/α-hetero) is 1. The van der Waals surface area contributed by atoms with E-state index in [1.165, 1.54) is 5.56 Å². The van der Waals surface area contributed by atoms with Crippen molar-refractivity contribution >= 4 is 5.78 Å². The van der Waals surface area contributed by atoms with E-state index in [9.17, 15) is 4.79 Å². The van der Waals surface area contributed by atoms with Gasteiger partial charge in [-0.1, -0.05) is 45.0 Å². The second kappa shape index (κ2) is 4.61. The highest BCUT2D eigenvalue weighted by Gasteiger charge is 2.16. The minimum Gasteiger partial charge on any atom is -0.299 e. The monoisotopic (exact) mass is 204 g/mol. The van der Waals surface area contributed by atoms with Crippen LogP contribution < -0.4 is 0 Å². The van der Waals surface area contributed by atoms with Crippen molar-refractivity contribution in [3.63, 3.8) is 0 Å². The van der Waals surface area contributed by atoms with Crippen LogP contribution in [0.3, 0.4) is 0 Å². The first kappa shape index (κ1) is 12.0. The minimum atomic E-state index is 0.0970. The number of carbonyl (C=O) groups excluding carboxylic acids is 1. The van der Waals surface area contributed by atoms with Gasteiger partial charge in [0.2, 0.25) is 0 Å². The molecule has 1 rings (SSSR count). The van der Waals surface area contributed by atoms with Crippen LogP contribution in [0.5, 0.6) is 0 Å². The quantitative estimate of drug-likeness (QED) is 0.736. The van der Waals surface area contributed by atoms with Crippen LogP contribution in [0, 0.1) is 12.3 Å². The van der Waals surface area contributed by atoms with Crippen LogP contribution in [0.15, 0.2) is 24.3 Å². The Morgan fingerprint density at radius 1 is 1.20 bits per heavy atom. The molecule has 82 valence electrons. The van der Waals surface area contributed by atoms with Crippen LogP contribution in [0.2, 0.25) is 0 Å². The van der Waals surface area contributed by atoms with Gasteiger partial charge in [0.1, 0.15) is 5.78 Å². The highest BCUT2D eigenvalue weighted by molar-refractivity contribution is 5.81. The molecule has 1 aromatic rings. The Balaban J connectivity index is 2.64. The third-order valence-electron chi connectivity index (χ3n) is 2.38. The van der Waals surface area contributed by atoms with Crippen LogP contribution in [0.25, 0.3) is 0 Å². The van der Waals surface area contributed by atoms with Gasteiger partial charge >= 0.3 is 0 Å². The zero-order valence-corrected chi connectivity index (χ0v) is 10.1. The number of benzene rings is 1. The SMILES string of the molecule is Cc1ccccc1CC(=O)CC(C)(C)C. The third-order valence-corrected chi connectivity index (χ3v) is 2.38. The number of rotatable bonds is 3. The van der Waals surface area contributed by atoms with Gasteiger partial charge in [-0.2, -0.15) is 0 Å². The van der Waals surface area contributed by atoms with Crippen molar-refractivity contribution in [2.45, 2.75) is 40.5 Å². The maximum Gasteiger partial charge on any atom is 0.137 e. The molecule has 0 heterocycles. The first-order valence-electron chi connectivity index (χ1n) is 5.45. The summed E-state index contributed by atoms with van der Waals surface area (Å²) in [5, 5.41) is 0. The molecule has 0 N–H and O–H groups in total. The average molecular weight is 204 g/mol. The van der Waals surface area contributed by atoms with Crippen LogP contribution in [0.4, 0.5) is 0 Å². The van der Waals surface area contributed by atoms with E-state index < -0.39 is 0 Å². The summed E-state index contributed by atoms with van der Waals surface area (Å²) in [5.74, 6) is 0.330. The highest BCUT2D eigenvalue weighted by atomic mass is 16.1. The van der Waals surface area contributed by atoms with Gasteiger partial charge in [-0.3, -0.25) is 4.79 Å². The lowest BCUT2D eigenvalue weighted by molar-refractivity contribution is -0.120. The molecular formula is C14H20O. The summed E-state index contributed by atoms with van der Waals surface area (Å²) < 4.78 is 0. The number of hydrogen-bond donors (Lipinski definition) is 0. The van der Waals surface area contributed by atoms with Gasteiger partial charge in [-0.15, -0.1) is 0 Å². The van der Waals surface area contributed by atoms with Gasteiger partial charge < -0.3 is 0 Å². The van der Waals surface area contributed by atoms with Crippen LogP contribution in [-0.4, -0.2) is 5.78 Å². The molecule has 15 heavy (non-hydrogen) atoms. The number of hydrogen-bond acceptors (Lipinski definition) is 1. The summed E-state index contributed by atoms with van der Waals surface area (Å²) in [5.41, 5.74) is 2.46. The lowest BCUT2D eigenvalue weighted by atomic mass is 9.88. The van der Waals surface area contributed by atoms with E-state index >= 15 is 0 Å². The number of aryl methyl sites for hydroxylation is 1. The molecule has 0 bridgehead atoms. The Morgan fingerprint density at radius 3 is 2.33 bits per heavy atom. The first-order valence-corrected chi connectivity index (χ1v) is 5.45. The summed E-state index contributed by atoms with van der Waals surface area (Å²) in [4.78, 5) is 11.8. The van der Waals surface area contributed by atoms with Crippen molar-refractivity contribution in [2.24, 2.45) is 5.41 Å². The fourth-order valence-electron chi connectivity index (χ4n) is 1.67. The van der Waals surface area contributed by atoms with Gasteiger partial charge in [0.25, 0.3) is 0 Å². The van der Waals surface area contributed by atoms with E-state index in [1.807, 2.05) is 18.2 Å². The molecule has 0 fully saturated rings. The zero-order valence-electron chi connectivity index (χ0n) is 10.1. The third kappa shape index (κ3) is 4.28. The molecule has 0 aliphatic rings. The molecule has 1 nitrogen and oxygen atoms in total. The summed E-state index contributed by atoms with van der Waals surface area (Å²) >= 11 is 0. The predicted octanol–water partition coefficient (Wildman–Crippen LogP) is 3.54.